The van der Waals surface area contributed by atoms with Crippen LogP contribution >= 0.6 is 0 Å². The number of carbonyl (C=O) groups is 1. The first-order valence-electron chi connectivity index (χ1n) is 4.36. The van der Waals surface area contributed by atoms with Gasteiger partial charge in [0, 0.05) is 12.0 Å². The summed E-state index contributed by atoms with van der Waals surface area (Å²) in [5.74, 6) is 3.40. The molecule has 4 N–H and O–H groups in total. The summed E-state index contributed by atoms with van der Waals surface area (Å²) in [4.78, 5) is 10.1. The van der Waals surface area contributed by atoms with Crippen molar-refractivity contribution in [1.82, 2.24) is 0 Å². The SMILES string of the molecule is CC.[NH3+]c1ccccc1C#CC(=O)O. The first kappa shape index (κ1) is 12.2. The molecule has 0 bridgehead atoms. The van der Waals surface area contributed by atoms with Crippen LogP contribution in [0.25, 0.3) is 0 Å². The molecule has 3 heteroatoms. The second kappa shape index (κ2) is 6.70. The lowest BCUT2D eigenvalue weighted by Crippen LogP contribution is -2.41. The zero-order chi connectivity index (χ0) is 11.0. The van der Waals surface area contributed by atoms with Gasteiger partial charge in [-0.25, -0.2) is 4.79 Å². The van der Waals surface area contributed by atoms with Crippen LogP contribution in [0.1, 0.15) is 19.4 Å². The fourth-order valence-corrected chi connectivity index (χ4v) is 0.763. The maximum atomic E-state index is 10.1. The van der Waals surface area contributed by atoms with Gasteiger partial charge in [0.15, 0.2) is 0 Å². The van der Waals surface area contributed by atoms with Crippen molar-refractivity contribution >= 4 is 11.7 Å². The summed E-state index contributed by atoms with van der Waals surface area (Å²) in [6, 6.07) is 7.14. The number of carboxylic acids is 1. The largest absolute Gasteiger partial charge is 0.472 e. The Bertz CT molecular complexity index is 361. The molecule has 3 nitrogen and oxygen atoms in total. The lowest BCUT2D eigenvalue weighted by molar-refractivity contribution is -0.255. The Kier molecular flexibility index (Phi) is 5.84. The fourth-order valence-electron chi connectivity index (χ4n) is 0.763. The molecular weight excluding hydrogens is 178 g/mol. The van der Waals surface area contributed by atoms with Gasteiger partial charge in [-0.05, 0) is 12.0 Å². The van der Waals surface area contributed by atoms with Gasteiger partial charge in [0.2, 0.25) is 0 Å². The van der Waals surface area contributed by atoms with Crippen molar-refractivity contribution in [3.63, 3.8) is 0 Å². The summed E-state index contributed by atoms with van der Waals surface area (Å²) in [5.41, 5.74) is 5.10. The Hall–Kier alpha value is -1.79. The zero-order valence-corrected chi connectivity index (χ0v) is 8.37. The van der Waals surface area contributed by atoms with E-state index >= 15 is 0 Å². The highest BCUT2D eigenvalue weighted by molar-refractivity contribution is 5.87. The van der Waals surface area contributed by atoms with Crippen LogP contribution < -0.4 is 5.73 Å². The number of quaternary nitrogens is 1. The second-order valence-electron chi connectivity index (χ2n) is 2.21. The normalized spacial score (nSPS) is 7.64. The molecule has 0 saturated carbocycles. The molecule has 0 spiro atoms. The summed E-state index contributed by atoms with van der Waals surface area (Å²) >= 11 is 0. The molecule has 1 aromatic carbocycles. The van der Waals surface area contributed by atoms with Crippen molar-refractivity contribution in [3.05, 3.63) is 29.8 Å². The monoisotopic (exact) mass is 192 g/mol. The Morgan fingerprint density at radius 1 is 1.36 bits per heavy atom. The van der Waals surface area contributed by atoms with Crippen molar-refractivity contribution in [3.8, 4) is 11.8 Å². The van der Waals surface area contributed by atoms with Gasteiger partial charge < -0.3 is 10.8 Å². The molecule has 14 heavy (non-hydrogen) atoms. The van der Waals surface area contributed by atoms with E-state index in [4.69, 9.17) is 5.11 Å². The molecule has 0 fully saturated rings. The lowest BCUT2D eigenvalue weighted by atomic mass is 10.2. The smallest absolute Gasteiger partial charge is 0.382 e. The minimum absolute atomic E-state index is 0.653. The summed E-state index contributed by atoms with van der Waals surface area (Å²) in [7, 11) is 0. The molecule has 1 aromatic rings. The Morgan fingerprint density at radius 2 is 1.93 bits per heavy atom. The first-order valence-corrected chi connectivity index (χ1v) is 4.36. The predicted octanol–water partition coefficient (Wildman–Crippen LogP) is 1.02. The highest BCUT2D eigenvalue weighted by Gasteiger charge is 1.95. The van der Waals surface area contributed by atoms with Gasteiger partial charge in [-0.1, -0.05) is 26.0 Å². The molecule has 0 saturated heterocycles. The number of rotatable bonds is 0. The molecule has 0 aliphatic rings. The average Bonchev–Trinajstić information content (AvgIpc) is 2.19. The van der Waals surface area contributed by atoms with Crippen LogP contribution in [-0.4, -0.2) is 11.1 Å². The van der Waals surface area contributed by atoms with Crippen LogP contribution in [0.3, 0.4) is 0 Å². The molecule has 1 rings (SSSR count). The maximum Gasteiger partial charge on any atom is 0.382 e. The van der Waals surface area contributed by atoms with Crippen LogP contribution in [0.4, 0.5) is 5.69 Å². The van der Waals surface area contributed by atoms with Crippen LogP contribution in [0.2, 0.25) is 0 Å². The van der Waals surface area contributed by atoms with Crippen molar-refractivity contribution in [2.24, 2.45) is 0 Å². The molecule has 0 aliphatic carbocycles. The number of carboxylic acid groups (broad SMARTS) is 1. The predicted molar refractivity (Wildman–Crippen MR) is 54.9 cm³/mol. The summed E-state index contributed by atoms with van der Waals surface area (Å²) in [6.45, 7) is 4.00. The summed E-state index contributed by atoms with van der Waals surface area (Å²) in [6.07, 6.45) is 0. The Morgan fingerprint density at radius 3 is 2.43 bits per heavy atom. The van der Waals surface area contributed by atoms with Gasteiger partial charge in [-0.15, -0.1) is 0 Å². The molecule has 0 amide bonds. The van der Waals surface area contributed by atoms with E-state index in [0.29, 0.717) is 5.56 Å². The van der Waals surface area contributed by atoms with E-state index in [2.05, 4.69) is 11.7 Å². The van der Waals surface area contributed by atoms with Crippen LogP contribution in [0, 0.1) is 11.8 Å². The van der Waals surface area contributed by atoms with Crippen LogP contribution in [-0.2, 0) is 4.79 Å². The van der Waals surface area contributed by atoms with Gasteiger partial charge >= 0.3 is 5.97 Å². The topological polar surface area (TPSA) is 64.9 Å². The highest BCUT2D eigenvalue weighted by atomic mass is 16.4. The van der Waals surface area contributed by atoms with E-state index in [-0.39, 0.29) is 0 Å². The first-order chi connectivity index (χ1) is 6.70. The molecule has 0 aromatic heterocycles. The molecule has 0 aliphatic heterocycles. The number of hydrogen-bond acceptors (Lipinski definition) is 1. The average molecular weight is 192 g/mol. The van der Waals surface area contributed by atoms with E-state index in [1.165, 1.54) is 0 Å². The second-order valence-corrected chi connectivity index (χ2v) is 2.21. The van der Waals surface area contributed by atoms with E-state index < -0.39 is 5.97 Å². The molecule has 0 radical (unpaired) electrons. The van der Waals surface area contributed by atoms with E-state index in [9.17, 15) is 4.79 Å². The number of benzene rings is 1. The van der Waals surface area contributed by atoms with Crippen molar-refractivity contribution in [2.45, 2.75) is 13.8 Å². The molecule has 0 atom stereocenters. The highest BCUT2D eigenvalue weighted by Crippen LogP contribution is 2.05. The van der Waals surface area contributed by atoms with Crippen molar-refractivity contribution < 1.29 is 15.6 Å². The van der Waals surface area contributed by atoms with E-state index in [1.807, 2.05) is 25.8 Å². The Balaban J connectivity index is 0.000000791. The van der Waals surface area contributed by atoms with Crippen molar-refractivity contribution in [1.29, 1.82) is 0 Å². The number of aliphatic carboxylic acids is 1. The van der Waals surface area contributed by atoms with Crippen molar-refractivity contribution in [2.75, 3.05) is 0 Å². The molecule has 0 heterocycles. The molecular formula is C11H14NO2+. The standard InChI is InChI=1S/C9H7NO2.C2H6/c10-8-4-2-1-3-7(8)5-6-9(11)12;1-2/h1-4H,10H2,(H,11,12);1-2H3/p+1. The van der Waals surface area contributed by atoms with Gasteiger partial charge in [0.25, 0.3) is 0 Å². The van der Waals surface area contributed by atoms with Crippen LogP contribution in [0.5, 0.6) is 0 Å². The van der Waals surface area contributed by atoms with E-state index in [0.717, 1.165) is 5.69 Å². The number of hydrogen-bond donors (Lipinski definition) is 2. The third-order valence-corrected chi connectivity index (χ3v) is 1.32. The molecule has 74 valence electrons. The summed E-state index contributed by atoms with van der Waals surface area (Å²) < 4.78 is 0. The Labute approximate surface area is 83.6 Å². The minimum Gasteiger partial charge on any atom is -0.472 e. The van der Waals surface area contributed by atoms with E-state index in [1.54, 1.807) is 18.2 Å². The quantitative estimate of drug-likeness (QED) is 0.603. The summed E-state index contributed by atoms with van der Waals surface area (Å²) in [5, 5.41) is 8.27. The minimum atomic E-state index is -1.13. The van der Waals surface area contributed by atoms with Gasteiger partial charge in [0.05, 0.1) is 5.56 Å². The molecule has 0 unspecified atom stereocenters. The van der Waals surface area contributed by atoms with Gasteiger partial charge in [-0.3, -0.25) is 0 Å². The van der Waals surface area contributed by atoms with Crippen LogP contribution in [0.15, 0.2) is 24.3 Å². The fraction of sp³-hybridized carbons (Fsp3) is 0.182. The third-order valence-electron chi connectivity index (χ3n) is 1.32. The lowest BCUT2D eigenvalue weighted by Gasteiger charge is -1.89. The maximum absolute atomic E-state index is 10.1. The van der Waals surface area contributed by atoms with Gasteiger partial charge in [0.1, 0.15) is 5.69 Å². The zero-order valence-electron chi connectivity index (χ0n) is 8.37. The van der Waals surface area contributed by atoms with Gasteiger partial charge in [-0.2, -0.15) is 0 Å². The third kappa shape index (κ3) is 4.29.